The summed E-state index contributed by atoms with van der Waals surface area (Å²) in [6.07, 6.45) is 0. The van der Waals surface area contributed by atoms with Gasteiger partial charge in [-0.2, -0.15) is 0 Å². The van der Waals surface area contributed by atoms with E-state index < -0.39 is 11.1 Å². The Balaban J connectivity index is 2.43. The molecule has 2 heterocycles. The van der Waals surface area contributed by atoms with Crippen molar-refractivity contribution in [2.45, 2.75) is 0 Å². The number of hydrogen-bond donors (Lipinski definition) is 0. The van der Waals surface area contributed by atoms with Crippen molar-refractivity contribution in [2.24, 2.45) is 0 Å². The molecule has 4 aromatic rings. The molecule has 0 aliphatic rings. The molecule has 0 unspecified atom stereocenters. The second-order valence-corrected chi connectivity index (χ2v) is 5.04. The second-order valence-electron chi connectivity index (χ2n) is 4.63. The third-order valence-corrected chi connectivity index (χ3v) is 3.72. The summed E-state index contributed by atoms with van der Waals surface area (Å²) < 4.78 is 10.9. The van der Waals surface area contributed by atoms with E-state index in [1.54, 1.807) is 42.5 Å². The van der Waals surface area contributed by atoms with Gasteiger partial charge >= 0.3 is 5.63 Å². The number of rotatable bonds is 0. The zero-order chi connectivity index (χ0) is 14.6. The lowest BCUT2D eigenvalue weighted by Crippen LogP contribution is -2.13. The standard InChI is InChI=1S/C16H7ClO4/c17-9-5-3-7-11-12(9)14(18)13-15(20-11)8-4-1-2-6-10(8)21-16(13)19/h1-7H. The minimum atomic E-state index is -0.723. The van der Waals surface area contributed by atoms with Crippen LogP contribution in [0.15, 0.2) is 60.9 Å². The fraction of sp³-hybridized carbons (Fsp3) is 0. The van der Waals surface area contributed by atoms with Gasteiger partial charge in [-0.15, -0.1) is 0 Å². The first-order valence-electron chi connectivity index (χ1n) is 6.24. The molecule has 21 heavy (non-hydrogen) atoms. The molecule has 0 N–H and O–H groups in total. The molecule has 0 aliphatic heterocycles. The van der Waals surface area contributed by atoms with Crippen molar-refractivity contribution in [3.05, 3.63) is 68.1 Å². The number of halogens is 1. The number of fused-ring (bicyclic) bond motifs is 4. The van der Waals surface area contributed by atoms with Crippen LogP contribution in [-0.2, 0) is 0 Å². The Hall–Kier alpha value is -2.59. The largest absolute Gasteiger partial charge is 0.455 e. The van der Waals surface area contributed by atoms with Crippen molar-refractivity contribution in [2.75, 3.05) is 0 Å². The van der Waals surface area contributed by atoms with Gasteiger partial charge in [0.05, 0.1) is 15.8 Å². The summed E-state index contributed by atoms with van der Waals surface area (Å²) in [4.78, 5) is 24.7. The fourth-order valence-corrected chi connectivity index (χ4v) is 2.72. The van der Waals surface area contributed by atoms with Gasteiger partial charge in [-0.25, -0.2) is 4.79 Å². The molecule has 0 saturated heterocycles. The molecule has 0 aliphatic carbocycles. The van der Waals surface area contributed by atoms with E-state index in [0.717, 1.165) is 0 Å². The Morgan fingerprint density at radius 3 is 2.43 bits per heavy atom. The normalized spacial score (nSPS) is 11.5. The van der Waals surface area contributed by atoms with Crippen molar-refractivity contribution in [1.29, 1.82) is 0 Å². The van der Waals surface area contributed by atoms with Crippen LogP contribution in [0.4, 0.5) is 0 Å². The Labute approximate surface area is 122 Å². The van der Waals surface area contributed by atoms with Crippen LogP contribution in [-0.4, -0.2) is 0 Å². The molecule has 0 spiro atoms. The van der Waals surface area contributed by atoms with Gasteiger partial charge in [0.25, 0.3) is 0 Å². The maximum Gasteiger partial charge on any atom is 0.351 e. The molecule has 0 bridgehead atoms. The number of benzene rings is 2. The first kappa shape index (κ1) is 12.2. The van der Waals surface area contributed by atoms with E-state index in [9.17, 15) is 9.59 Å². The lowest BCUT2D eigenvalue weighted by Gasteiger charge is -2.04. The second kappa shape index (κ2) is 4.20. The Kier molecular flexibility index (Phi) is 2.43. The summed E-state index contributed by atoms with van der Waals surface area (Å²) in [7, 11) is 0. The van der Waals surface area contributed by atoms with Gasteiger partial charge in [0, 0.05) is 0 Å². The molecule has 5 heteroatoms. The van der Waals surface area contributed by atoms with Crippen LogP contribution in [0.2, 0.25) is 5.02 Å². The lowest BCUT2D eigenvalue weighted by molar-refractivity contribution is 0.563. The van der Waals surface area contributed by atoms with Gasteiger partial charge in [0.15, 0.2) is 11.0 Å². The van der Waals surface area contributed by atoms with E-state index in [-0.39, 0.29) is 21.4 Å². The van der Waals surface area contributed by atoms with Crippen LogP contribution in [0.3, 0.4) is 0 Å². The minimum Gasteiger partial charge on any atom is -0.455 e. The molecule has 2 aromatic carbocycles. The first-order valence-corrected chi connectivity index (χ1v) is 6.61. The predicted molar refractivity (Wildman–Crippen MR) is 81.0 cm³/mol. The van der Waals surface area contributed by atoms with Gasteiger partial charge in [-0.05, 0) is 24.3 Å². The van der Waals surface area contributed by atoms with Crippen molar-refractivity contribution in [1.82, 2.24) is 0 Å². The number of para-hydroxylation sites is 1. The SMILES string of the molecule is O=c1oc2ccccc2c2oc3cccc(Cl)c3c(=O)c12. The third-order valence-electron chi connectivity index (χ3n) is 3.41. The topological polar surface area (TPSA) is 60.4 Å². The molecule has 102 valence electrons. The molecule has 0 amide bonds. The molecule has 0 fully saturated rings. The zero-order valence-corrected chi connectivity index (χ0v) is 11.3. The van der Waals surface area contributed by atoms with E-state index in [1.165, 1.54) is 0 Å². The maximum absolute atomic E-state index is 12.6. The number of hydrogen-bond acceptors (Lipinski definition) is 4. The molecule has 0 saturated carbocycles. The molecular formula is C16H7ClO4. The van der Waals surface area contributed by atoms with Gasteiger partial charge in [0.1, 0.15) is 11.2 Å². The Morgan fingerprint density at radius 2 is 1.57 bits per heavy atom. The highest BCUT2D eigenvalue weighted by Crippen LogP contribution is 2.27. The summed E-state index contributed by atoms with van der Waals surface area (Å²) in [6.45, 7) is 0. The van der Waals surface area contributed by atoms with Crippen molar-refractivity contribution in [3.63, 3.8) is 0 Å². The summed E-state index contributed by atoms with van der Waals surface area (Å²) in [5, 5.41) is 0.894. The molecule has 4 nitrogen and oxygen atoms in total. The minimum absolute atomic E-state index is 0.116. The van der Waals surface area contributed by atoms with Crippen molar-refractivity contribution >= 4 is 44.5 Å². The average Bonchev–Trinajstić information content (AvgIpc) is 2.47. The van der Waals surface area contributed by atoms with E-state index in [2.05, 4.69) is 0 Å². The molecular weight excluding hydrogens is 292 g/mol. The van der Waals surface area contributed by atoms with Crippen LogP contribution in [0.5, 0.6) is 0 Å². The van der Waals surface area contributed by atoms with Crippen molar-refractivity contribution < 1.29 is 8.83 Å². The van der Waals surface area contributed by atoms with E-state index >= 15 is 0 Å². The summed E-state index contributed by atoms with van der Waals surface area (Å²) in [5.74, 6) is 0. The molecule has 0 atom stereocenters. The van der Waals surface area contributed by atoms with E-state index in [0.29, 0.717) is 16.6 Å². The maximum atomic E-state index is 12.6. The average molecular weight is 299 g/mol. The fourth-order valence-electron chi connectivity index (χ4n) is 2.47. The van der Waals surface area contributed by atoms with Gasteiger partial charge < -0.3 is 8.83 Å². The van der Waals surface area contributed by atoms with Crippen LogP contribution < -0.4 is 11.1 Å². The van der Waals surface area contributed by atoms with Gasteiger partial charge in [-0.3, -0.25) is 4.79 Å². The Bertz CT molecular complexity index is 1140. The lowest BCUT2D eigenvalue weighted by atomic mass is 10.1. The van der Waals surface area contributed by atoms with E-state index in [1.807, 2.05) is 0 Å². The van der Waals surface area contributed by atoms with Crippen molar-refractivity contribution in [3.8, 4) is 0 Å². The van der Waals surface area contributed by atoms with E-state index in [4.69, 9.17) is 20.4 Å². The first-order chi connectivity index (χ1) is 10.2. The summed E-state index contributed by atoms with van der Waals surface area (Å²) in [5.41, 5.74) is -0.257. The van der Waals surface area contributed by atoms with Gasteiger partial charge in [0.2, 0.25) is 5.43 Å². The quantitative estimate of drug-likeness (QED) is 0.282. The van der Waals surface area contributed by atoms with Crippen LogP contribution in [0, 0.1) is 0 Å². The highest BCUT2D eigenvalue weighted by atomic mass is 35.5. The van der Waals surface area contributed by atoms with Crippen LogP contribution >= 0.6 is 11.6 Å². The predicted octanol–water partition coefficient (Wildman–Crippen LogP) is 3.71. The summed E-state index contributed by atoms with van der Waals surface area (Å²) >= 11 is 6.04. The highest BCUT2D eigenvalue weighted by molar-refractivity contribution is 6.35. The smallest absolute Gasteiger partial charge is 0.351 e. The van der Waals surface area contributed by atoms with Gasteiger partial charge in [-0.1, -0.05) is 29.8 Å². The monoisotopic (exact) mass is 298 g/mol. The van der Waals surface area contributed by atoms with Crippen LogP contribution in [0.25, 0.3) is 32.9 Å². The molecule has 2 aromatic heterocycles. The van der Waals surface area contributed by atoms with Crippen LogP contribution in [0.1, 0.15) is 0 Å². The zero-order valence-electron chi connectivity index (χ0n) is 10.6. The molecule has 4 rings (SSSR count). The summed E-state index contributed by atoms with van der Waals surface area (Å²) in [6, 6.07) is 11.8. The third kappa shape index (κ3) is 1.63. The Morgan fingerprint density at radius 1 is 0.810 bits per heavy atom. The molecule has 0 radical (unpaired) electrons. The highest BCUT2D eigenvalue weighted by Gasteiger charge is 2.17.